The van der Waals surface area contributed by atoms with E-state index in [9.17, 15) is 4.79 Å². The molecule has 0 saturated heterocycles. The van der Waals surface area contributed by atoms with Crippen LogP contribution in [0.15, 0.2) is 4.99 Å². The summed E-state index contributed by atoms with van der Waals surface area (Å²) in [6, 6.07) is 0.254. The second-order valence-electron chi connectivity index (χ2n) is 8.72. The Kier molecular flexibility index (Phi) is 6.25. The van der Waals surface area contributed by atoms with E-state index in [1.165, 1.54) is 0 Å². The topological polar surface area (TPSA) is 87.4 Å². The Hall–Kier alpha value is -2.12. The molecule has 1 saturated carbocycles. The second kappa shape index (κ2) is 8.49. The number of fused-ring (bicyclic) bond motifs is 1. The lowest BCUT2D eigenvalue weighted by Gasteiger charge is -2.32. The fraction of sp³-hybridized carbons (Fsp3) is 0.800. The summed E-state index contributed by atoms with van der Waals surface area (Å²) in [7, 11) is 5.47. The molecule has 8 heteroatoms. The summed E-state index contributed by atoms with van der Waals surface area (Å²) in [5.74, 6) is 3.32. The Labute approximate surface area is 168 Å². The van der Waals surface area contributed by atoms with Gasteiger partial charge in [-0.25, -0.2) is 9.67 Å². The predicted octanol–water partition coefficient (Wildman–Crippen LogP) is 1.53. The number of rotatable bonds is 5. The lowest BCUT2D eigenvalue weighted by molar-refractivity contribution is -0.138. The van der Waals surface area contributed by atoms with Crippen LogP contribution >= 0.6 is 0 Å². The molecular formula is C20H35N7O. The summed E-state index contributed by atoms with van der Waals surface area (Å²) < 4.78 is 2.03. The zero-order valence-electron chi connectivity index (χ0n) is 18.0. The van der Waals surface area contributed by atoms with Crippen LogP contribution in [-0.2, 0) is 17.8 Å². The monoisotopic (exact) mass is 389 g/mol. The molecule has 156 valence electrons. The van der Waals surface area contributed by atoms with Crippen LogP contribution in [0.25, 0.3) is 0 Å². The van der Waals surface area contributed by atoms with Gasteiger partial charge >= 0.3 is 0 Å². The van der Waals surface area contributed by atoms with Crippen molar-refractivity contribution >= 4 is 11.9 Å². The summed E-state index contributed by atoms with van der Waals surface area (Å²) in [4.78, 5) is 23.5. The Morgan fingerprint density at radius 2 is 2.07 bits per heavy atom. The minimum absolute atomic E-state index is 0.221. The van der Waals surface area contributed by atoms with Crippen molar-refractivity contribution < 1.29 is 4.79 Å². The SMILES string of the molecule is CN=C(NCC1(C(=O)N(C)C)CCCC1)NC1CCc2nc(C(C)C)nn2C1. The van der Waals surface area contributed by atoms with Crippen molar-refractivity contribution in [1.82, 2.24) is 30.3 Å². The van der Waals surface area contributed by atoms with Crippen LogP contribution in [0, 0.1) is 5.41 Å². The summed E-state index contributed by atoms with van der Waals surface area (Å²) in [6.07, 6.45) is 6.03. The molecule has 0 bridgehead atoms. The van der Waals surface area contributed by atoms with Crippen molar-refractivity contribution in [3.8, 4) is 0 Å². The first-order chi connectivity index (χ1) is 13.3. The highest BCUT2D eigenvalue weighted by atomic mass is 16.2. The molecule has 28 heavy (non-hydrogen) atoms. The maximum Gasteiger partial charge on any atom is 0.230 e. The second-order valence-corrected chi connectivity index (χ2v) is 8.72. The Morgan fingerprint density at radius 3 is 2.68 bits per heavy atom. The molecule has 8 nitrogen and oxygen atoms in total. The molecule has 1 atom stereocenters. The lowest BCUT2D eigenvalue weighted by Crippen LogP contribution is -2.52. The summed E-state index contributed by atoms with van der Waals surface area (Å²) in [5.41, 5.74) is -0.307. The molecule has 2 heterocycles. The van der Waals surface area contributed by atoms with Crippen molar-refractivity contribution in [3.05, 3.63) is 11.6 Å². The number of amides is 1. The molecule has 1 aromatic heterocycles. The number of hydrogen-bond acceptors (Lipinski definition) is 4. The first kappa shape index (κ1) is 20.6. The van der Waals surface area contributed by atoms with Gasteiger partial charge in [0, 0.05) is 46.1 Å². The van der Waals surface area contributed by atoms with Crippen molar-refractivity contribution in [3.63, 3.8) is 0 Å². The van der Waals surface area contributed by atoms with Gasteiger partial charge in [0.05, 0.1) is 12.0 Å². The van der Waals surface area contributed by atoms with Gasteiger partial charge in [0.15, 0.2) is 11.8 Å². The molecule has 1 aromatic rings. The highest BCUT2D eigenvalue weighted by Gasteiger charge is 2.42. The standard InChI is InChI=1S/C20H35N7O/c1-14(2)17-24-16-9-8-15(12-27(16)25-17)23-19(21-3)22-13-20(10-6-7-11-20)18(28)26(4)5/h14-15H,6-13H2,1-5H3,(H2,21,22,23). The first-order valence-corrected chi connectivity index (χ1v) is 10.5. The number of carbonyl (C=O) groups excluding carboxylic acids is 1. The van der Waals surface area contributed by atoms with E-state index >= 15 is 0 Å². The highest BCUT2D eigenvalue weighted by Crippen LogP contribution is 2.38. The van der Waals surface area contributed by atoms with Gasteiger partial charge in [-0.15, -0.1) is 0 Å². The maximum atomic E-state index is 12.8. The van der Waals surface area contributed by atoms with Gasteiger partial charge in [-0.1, -0.05) is 26.7 Å². The zero-order valence-corrected chi connectivity index (χ0v) is 18.0. The Balaban J connectivity index is 1.59. The Bertz CT molecular complexity index is 716. The van der Waals surface area contributed by atoms with Crippen LogP contribution in [0.4, 0.5) is 0 Å². The number of aliphatic imine (C=N–C) groups is 1. The predicted molar refractivity (Wildman–Crippen MR) is 110 cm³/mol. The number of nitrogens with zero attached hydrogens (tertiary/aromatic N) is 5. The lowest BCUT2D eigenvalue weighted by atomic mass is 9.84. The van der Waals surface area contributed by atoms with Gasteiger partial charge in [-0.3, -0.25) is 9.79 Å². The summed E-state index contributed by atoms with van der Waals surface area (Å²) in [5, 5.41) is 11.6. The van der Waals surface area contributed by atoms with Crippen LogP contribution in [-0.4, -0.2) is 65.3 Å². The molecule has 2 aliphatic rings. The van der Waals surface area contributed by atoms with E-state index in [0.29, 0.717) is 12.5 Å². The normalized spacial score (nSPS) is 21.5. The van der Waals surface area contributed by atoms with Crippen LogP contribution < -0.4 is 10.6 Å². The molecule has 1 unspecified atom stereocenters. The van der Waals surface area contributed by atoms with Gasteiger partial charge in [-0.05, 0) is 19.3 Å². The molecule has 1 aliphatic carbocycles. The van der Waals surface area contributed by atoms with Crippen LogP contribution in [0.5, 0.6) is 0 Å². The van der Waals surface area contributed by atoms with Gasteiger partial charge < -0.3 is 15.5 Å². The van der Waals surface area contributed by atoms with Crippen molar-refractivity contribution in [2.45, 2.75) is 70.9 Å². The van der Waals surface area contributed by atoms with E-state index < -0.39 is 0 Å². The molecule has 3 rings (SSSR count). The van der Waals surface area contributed by atoms with Gasteiger partial charge in [0.25, 0.3) is 0 Å². The minimum Gasteiger partial charge on any atom is -0.355 e. The number of carbonyl (C=O) groups is 1. The summed E-state index contributed by atoms with van der Waals surface area (Å²) in [6.45, 7) is 5.66. The molecule has 2 N–H and O–H groups in total. The van der Waals surface area contributed by atoms with Crippen molar-refractivity contribution in [1.29, 1.82) is 0 Å². The number of aryl methyl sites for hydroxylation is 1. The summed E-state index contributed by atoms with van der Waals surface area (Å²) >= 11 is 0. The molecule has 1 amide bonds. The van der Waals surface area contributed by atoms with Crippen molar-refractivity contribution in [2.75, 3.05) is 27.7 Å². The third-order valence-electron chi connectivity index (χ3n) is 5.97. The van der Waals surface area contributed by atoms with E-state index in [0.717, 1.165) is 62.7 Å². The third kappa shape index (κ3) is 4.31. The van der Waals surface area contributed by atoms with Gasteiger partial charge in [-0.2, -0.15) is 5.10 Å². The molecule has 1 fully saturated rings. The highest BCUT2D eigenvalue weighted by molar-refractivity contribution is 5.85. The molecule has 0 aromatic carbocycles. The molecule has 0 radical (unpaired) electrons. The van der Waals surface area contributed by atoms with Gasteiger partial charge in [0.2, 0.25) is 5.91 Å². The number of guanidine groups is 1. The van der Waals surface area contributed by atoms with Gasteiger partial charge in [0.1, 0.15) is 5.82 Å². The van der Waals surface area contributed by atoms with E-state index in [2.05, 4.69) is 39.6 Å². The number of nitrogens with one attached hydrogen (secondary N) is 2. The zero-order chi connectivity index (χ0) is 20.3. The number of hydrogen-bond donors (Lipinski definition) is 2. The largest absolute Gasteiger partial charge is 0.355 e. The smallest absolute Gasteiger partial charge is 0.230 e. The van der Waals surface area contributed by atoms with E-state index in [-0.39, 0.29) is 17.4 Å². The van der Waals surface area contributed by atoms with E-state index in [4.69, 9.17) is 0 Å². The van der Waals surface area contributed by atoms with E-state index in [1.54, 1.807) is 11.9 Å². The average Bonchev–Trinajstić information content (AvgIpc) is 3.31. The molecule has 0 spiro atoms. The quantitative estimate of drug-likeness (QED) is 0.589. The number of aromatic nitrogens is 3. The average molecular weight is 390 g/mol. The Morgan fingerprint density at radius 1 is 1.36 bits per heavy atom. The minimum atomic E-state index is -0.307. The first-order valence-electron chi connectivity index (χ1n) is 10.5. The maximum absolute atomic E-state index is 12.8. The third-order valence-corrected chi connectivity index (χ3v) is 5.97. The fourth-order valence-corrected chi connectivity index (χ4v) is 4.32. The van der Waals surface area contributed by atoms with Crippen LogP contribution in [0.1, 0.15) is 63.5 Å². The van der Waals surface area contributed by atoms with Crippen LogP contribution in [0.3, 0.4) is 0 Å². The fourth-order valence-electron chi connectivity index (χ4n) is 4.32. The molecular weight excluding hydrogens is 354 g/mol. The molecule has 1 aliphatic heterocycles. The van der Waals surface area contributed by atoms with E-state index in [1.807, 2.05) is 18.8 Å². The van der Waals surface area contributed by atoms with Crippen LogP contribution in [0.2, 0.25) is 0 Å². The van der Waals surface area contributed by atoms with Crippen molar-refractivity contribution in [2.24, 2.45) is 10.4 Å².